The number of allylic oxidation sites excluding steroid dienone is 2. The van der Waals surface area contributed by atoms with E-state index in [-0.39, 0.29) is 18.1 Å². The summed E-state index contributed by atoms with van der Waals surface area (Å²) in [6.45, 7) is 1.79. The molecule has 2 aromatic carbocycles. The van der Waals surface area contributed by atoms with Crippen LogP contribution in [0, 0.1) is 11.6 Å². The first kappa shape index (κ1) is 21.5. The van der Waals surface area contributed by atoms with Crippen molar-refractivity contribution in [2.45, 2.75) is 32.0 Å². The predicted octanol–water partition coefficient (Wildman–Crippen LogP) is 3.93. The molecule has 0 heterocycles. The minimum absolute atomic E-state index is 0.113. The highest BCUT2D eigenvalue weighted by Gasteiger charge is 2.14. The molecule has 148 valence electrons. The van der Waals surface area contributed by atoms with E-state index in [2.05, 4.69) is 0 Å². The summed E-state index contributed by atoms with van der Waals surface area (Å²) in [5.74, 6) is -1.90. The third-order valence-corrected chi connectivity index (χ3v) is 4.15. The zero-order valence-electron chi connectivity index (χ0n) is 15.3. The minimum atomic E-state index is -1.16. The largest absolute Gasteiger partial charge is 0.481 e. The van der Waals surface area contributed by atoms with Crippen molar-refractivity contribution in [1.82, 2.24) is 0 Å². The van der Waals surface area contributed by atoms with E-state index >= 15 is 0 Å². The van der Waals surface area contributed by atoms with Crippen molar-refractivity contribution in [2.24, 2.45) is 0 Å². The Morgan fingerprint density at radius 1 is 0.964 bits per heavy atom. The predicted molar refractivity (Wildman–Crippen MR) is 103 cm³/mol. The van der Waals surface area contributed by atoms with E-state index in [0.29, 0.717) is 0 Å². The van der Waals surface area contributed by atoms with Gasteiger partial charge in [0.05, 0.1) is 18.6 Å². The highest BCUT2D eigenvalue weighted by molar-refractivity contribution is 5.83. The van der Waals surface area contributed by atoms with Gasteiger partial charge in [-0.15, -0.1) is 0 Å². The average molecular weight is 388 g/mol. The molecule has 0 aliphatic rings. The first-order valence-corrected chi connectivity index (χ1v) is 8.75. The maximum absolute atomic E-state index is 13.3. The van der Waals surface area contributed by atoms with Gasteiger partial charge >= 0.3 is 5.97 Å². The number of aliphatic carboxylic acids is 1. The Morgan fingerprint density at radius 3 is 1.86 bits per heavy atom. The lowest BCUT2D eigenvalue weighted by atomic mass is 9.93. The maximum Gasteiger partial charge on any atom is 0.305 e. The summed E-state index contributed by atoms with van der Waals surface area (Å²) in [5.41, 5.74) is 2.89. The molecule has 2 atom stereocenters. The SMILES string of the molecule is CC(/C=C/C(O)CC(O)CC(=O)O)=C(c1ccc(F)cc1)c1ccc(F)cc1. The monoisotopic (exact) mass is 388 g/mol. The summed E-state index contributed by atoms with van der Waals surface area (Å²) in [4.78, 5) is 10.6. The molecule has 0 saturated carbocycles. The van der Waals surface area contributed by atoms with Crippen LogP contribution in [-0.4, -0.2) is 33.5 Å². The van der Waals surface area contributed by atoms with Crippen LogP contribution in [0.25, 0.3) is 5.57 Å². The van der Waals surface area contributed by atoms with Crippen LogP contribution in [0.3, 0.4) is 0 Å². The second-order valence-electron chi connectivity index (χ2n) is 6.49. The molecule has 0 radical (unpaired) electrons. The summed E-state index contributed by atoms with van der Waals surface area (Å²) >= 11 is 0. The van der Waals surface area contributed by atoms with Crippen LogP contribution in [0.2, 0.25) is 0 Å². The van der Waals surface area contributed by atoms with Gasteiger partial charge in [-0.3, -0.25) is 4.79 Å². The summed E-state index contributed by atoms with van der Waals surface area (Å²) in [6, 6.07) is 11.7. The Kier molecular flexibility index (Phi) is 7.61. The second kappa shape index (κ2) is 9.92. The fraction of sp³-hybridized carbons (Fsp3) is 0.227. The van der Waals surface area contributed by atoms with E-state index in [0.717, 1.165) is 22.3 Å². The minimum Gasteiger partial charge on any atom is -0.481 e. The van der Waals surface area contributed by atoms with Gasteiger partial charge in [-0.25, -0.2) is 8.78 Å². The quantitative estimate of drug-likeness (QED) is 0.599. The van der Waals surface area contributed by atoms with Gasteiger partial charge in [0.15, 0.2) is 0 Å². The Labute approximate surface area is 162 Å². The van der Waals surface area contributed by atoms with Gasteiger partial charge in [-0.2, -0.15) is 0 Å². The van der Waals surface area contributed by atoms with Crippen molar-refractivity contribution >= 4 is 11.5 Å². The Bertz CT molecular complexity index is 808. The van der Waals surface area contributed by atoms with Gasteiger partial charge in [0.1, 0.15) is 11.6 Å². The average Bonchev–Trinajstić information content (AvgIpc) is 2.62. The first-order chi connectivity index (χ1) is 13.3. The molecule has 0 aromatic heterocycles. The summed E-state index contributed by atoms with van der Waals surface area (Å²) in [6.07, 6.45) is 0.338. The number of carbonyl (C=O) groups is 1. The van der Waals surface area contributed by atoms with Crippen molar-refractivity contribution in [2.75, 3.05) is 0 Å². The molecule has 3 N–H and O–H groups in total. The fourth-order valence-corrected chi connectivity index (χ4v) is 2.84. The molecule has 2 unspecified atom stereocenters. The highest BCUT2D eigenvalue weighted by atomic mass is 19.1. The fourth-order valence-electron chi connectivity index (χ4n) is 2.84. The molecule has 0 bridgehead atoms. The van der Waals surface area contributed by atoms with Crippen LogP contribution >= 0.6 is 0 Å². The van der Waals surface area contributed by atoms with E-state index in [1.165, 1.54) is 30.3 Å². The lowest BCUT2D eigenvalue weighted by Gasteiger charge is -2.13. The van der Waals surface area contributed by atoms with Gasteiger partial charge in [0.2, 0.25) is 0 Å². The third kappa shape index (κ3) is 6.40. The zero-order valence-corrected chi connectivity index (χ0v) is 15.3. The molecule has 0 aliphatic carbocycles. The van der Waals surface area contributed by atoms with Crippen LogP contribution in [0.5, 0.6) is 0 Å². The maximum atomic E-state index is 13.3. The second-order valence-corrected chi connectivity index (χ2v) is 6.49. The number of carboxylic acid groups (broad SMARTS) is 1. The molecule has 0 saturated heterocycles. The zero-order chi connectivity index (χ0) is 20.7. The Balaban J connectivity index is 2.32. The summed E-state index contributed by atoms with van der Waals surface area (Å²) in [7, 11) is 0. The lowest BCUT2D eigenvalue weighted by molar-refractivity contribution is -0.139. The lowest BCUT2D eigenvalue weighted by Crippen LogP contribution is -2.19. The number of hydrogen-bond acceptors (Lipinski definition) is 3. The molecular formula is C22H22F2O4. The van der Waals surface area contributed by atoms with Crippen LogP contribution in [0.1, 0.15) is 30.9 Å². The summed E-state index contributed by atoms with van der Waals surface area (Å²) < 4.78 is 26.6. The summed E-state index contributed by atoms with van der Waals surface area (Å²) in [5, 5.41) is 28.3. The third-order valence-electron chi connectivity index (χ3n) is 4.15. The molecular weight excluding hydrogens is 366 g/mol. The Morgan fingerprint density at radius 2 is 1.43 bits per heavy atom. The van der Waals surface area contributed by atoms with Crippen molar-refractivity contribution < 1.29 is 28.9 Å². The van der Waals surface area contributed by atoms with Crippen molar-refractivity contribution in [3.63, 3.8) is 0 Å². The van der Waals surface area contributed by atoms with E-state index < -0.39 is 24.6 Å². The topological polar surface area (TPSA) is 77.8 Å². The number of rotatable bonds is 8. The number of hydrogen-bond donors (Lipinski definition) is 3. The normalized spacial score (nSPS) is 13.3. The van der Waals surface area contributed by atoms with Crippen LogP contribution in [0.15, 0.2) is 66.3 Å². The Hall–Kier alpha value is -2.83. The number of aliphatic hydroxyl groups is 2. The number of halogens is 2. The van der Waals surface area contributed by atoms with Gasteiger partial charge in [-0.1, -0.05) is 36.4 Å². The van der Waals surface area contributed by atoms with E-state index in [4.69, 9.17) is 5.11 Å². The van der Waals surface area contributed by atoms with Gasteiger partial charge in [0, 0.05) is 6.42 Å². The number of aliphatic hydroxyl groups excluding tert-OH is 2. The smallest absolute Gasteiger partial charge is 0.305 e. The molecule has 0 fully saturated rings. The van der Waals surface area contributed by atoms with Gasteiger partial charge in [0.25, 0.3) is 0 Å². The van der Waals surface area contributed by atoms with Crippen molar-refractivity contribution in [3.8, 4) is 0 Å². The molecule has 0 amide bonds. The molecule has 2 aromatic rings. The van der Waals surface area contributed by atoms with Crippen LogP contribution in [-0.2, 0) is 4.79 Å². The van der Waals surface area contributed by atoms with Crippen molar-refractivity contribution in [1.29, 1.82) is 0 Å². The van der Waals surface area contributed by atoms with E-state index in [1.807, 2.05) is 0 Å². The van der Waals surface area contributed by atoms with Gasteiger partial charge < -0.3 is 15.3 Å². The van der Waals surface area contributed by atoms with E-state index in [1.54, 1.807) is 37.3 Å². The number of benzene rings is 2. The molecule has 0 spiro atoms. The molecule has 0 aliphatic heterocycles. The van der Waals surface area contributed by atoms with E-state index in [9.17, 15) is 23.8 Å². The first-order valence-electron chi connectivity index (χ1n) is 8.75. The molecule has 28 heavy (non-hydrogen) atoms. The molecule has 2 rings (SSSR count). The van der Waals surface area contributed by atoms with Crippen LogP contribution in [0.4, 0.5) is 8.78 Å². The highest BCUT2D eigenvalue weighted by Crippen LogP contribution is 2.28. The van der Waals surface area contributed by atoms with Crippen LogP contribution < -0.4 is 0 Å². The van der Waals surface area contributed by atoms with Gasteiger partial charge in [-0.05, 0) is 53.5 Å². The molecule has 6 heteroatoms. The molecule has 4 nitrogen and oxygen atoms in total. The standard InChI is InChI=1S/C22H22F2O4/c1-14(2-11-19(25)12-20(26)13-21(27)28)22(15-3-7-17(23)8-4-15)16-5-9-18(24)10-6-16/h2-11,19-20,25-26H,12-13H2,1H3,(H,27,28)/b11-2+. The van der Waals surface area contributed by atoms with Crippen molar-refractivity contribution in [3.05, 3.63) is 89.0 Å². The number of carboxylic acids is 1.